The van der Waals surface area contributed by atoms with Crippen LogP contribution in [0, 0.1) is 0 Å². The van der Waals surface area contributed by atoms with Crippen molar-refractivity contribution in [1.82, 2.24) is 14.5 Å². The molecule has 0 atom stereocenters. The van der Waals surface area contributed by atoms with Crippen molar-refractivity contribution < 1.29 is 9.53 Å². The minimum atomic E-state index is -0.734. The first-order valence-corrected chi connectivity index (χ1v) is 6.95. The van der Waals surface area contributed by atoms with E-state index in [1.165, 1.54) is 12.3 Å². The van der Waals surface area contributed by atoms with Crippen molar-refractivity contribution >= 4 is 6.09 Å². The Labute approximate surface area is 132 Å². The topological polar surface area (TPSA) is 74.1 Å². The maximum absolute atomic E-state index is 11.8. The molecule has 0 saturated heterocycles. The van der Waals surface area contributed by atoms with Gasteiger partial charge in [-0.25, -0.2) is 19.3 Å². The number of ether oxygens (including phenoxy) is 1. The van der Waals surface area contributed by atoms with Crippen molar-refractivity contribution in [2.24, 2.45) is 0 Å². The quantitative estimate of drug-likeness (QED) is 0.743. The number of rotatable bonds is 3. The summed E-state index contributed by atoms with van der Waals surface area (Å²) in [6, 6.07) is 14.0. The van der Waals surface area contributed by atoms with Gasteiger partial charge in [-0.2, -0.15) is 0 Å². The van der Waals surface area contributed by atoms with Gasteiger partial charge >= 0.3 is 6.09 Å². The van der Waals surface area contributed by atoms with Gasteiger partial charge in [-0.1, -0.05) is 36.4 Å². The van der Waals surface area contributed by atoms with Crippen LogP contribution in [0.3, 0.4) is 0 Å². The average Bonchev–Trinajstić information content (AvgIpc) is 2.61. The molecule has 0 radical (unpaired) electrons. The number of nitrogens with zero attached hydrogens (tertiary/aromatic N) is 3. The largest absolute Gasteiger partial charge is 0.444 e. The van der Waals surface area contributed by atoms with Gasteiger partial charge in [0.25, 0.3) is 5.56 Å². The molecule has 114 valence electrons. The molecule has 0 saturated carbocycles. The molecular formula is C17H13N3O3. The van der Waals surface area contributed by atoms with Gasteiger partial charge in [0, 0.05) is 35.8 Å². The van der Waals surface area contributed by atoms with Crippen LogP contribution >= 0.6 is 0 Å². The van der Waals surface area contributed by atoms with E-state index in [2.05, 4.69) is 9.97 Å². The van der Waals surface area contributed by atoms with Crippen molar-refractivity contribution in [3.8, 4) is 11.4 Å². The first-order valence-electron chi connectivity index (χ1n) is 6.95. The van der Waals surface area contributed by atoms with E-state index in [1.807, 2.05) is 30.3 Å². The zero-order valence-electron chi connectivity index (χ0n) is 12.1. The number of carbonyl (C=O) groups excluding carboxylic acids is 1. The van der Waals surface area contributed by atoms with E-state index in [0.29, 0.717) is 11.4 Å². The van der Waals surface area contributed by atoms with E-state index >= 15 is 0 Å². The molecule has 0 aliphatic rings. The molecule has 3 aromatic rings. The summed E-state index contributed by atoms with van der Waals surface area (Å²) in [6.45, 7) is -0.00472. The second kappa shape index (κ2) is 6.65. The molecule has 0 amide bonds. The van der Waals surface area contributed by atoms with Crippen molar-refractivity contribution in [2.45, 2.75) is 6.61 Å². The van der Waals surface area contributed by atoms with Gasteiger partial charge < -0.3 is 4.74 Å². The Balaban J connectivity index is 1.66. The molecule has 0 bridgehead atoms. The zero-order valence-corrected chi connectivity index (χ0v) is 12.1. The summed E-state index contributed by atoms with van der Waals surface area (Å²) in [5.41, 5.74) is 1.11. The second-order valence-corrected chi connectivity index (χ2v) is 4.74. The molecule has 1 aromatic carbocycles. The maximum Gasteiger partial charge on any atom is 0.421 e. The van der Waals surface area contributed by atoms with E-state index in [-0.39, 0.29) is 6.61 Å². The lowest BCUT2D eigenvalue weighted by atomic mass is 10.2. The SMILES string of the molecule is O=C(OCc1cnc(-c2ccccc2)nc1)n1ccccc1=O. The monoisotopic (exact) mass is 307 g/mol. The standard InChI is InChI=1S/C17H13N3O3/c21-15-8-4-5-9-20(15)17(22)23-12-13-10-18-16(19-11-13)14-6-2-1-3-7-14/h1-11H,12H2. The van der Waals surface area contributed by atoms with Gasteiger partial charge in [0.2, 0.25) is 0 Å². The molecule has 0 aliphatic carbocycles. The lowest BCUT2D eigenvalue weighted by molar-refractivity contribution is 0.140. The number of hydrogen-bond donors (Lipinski definition) is 0. The first-order chi connectivity index (χ1) is 11.2. The predicted octanol–water partition coefficient (Wildman–Crippen LogP) is 2.49. The van der Waals surface area contributed by atoms with E-state index < -0.39 is 11.7 Å². The zero-order chi connectivity index (χ0) is 16.1. The third-order valence-electron chi connectivity index (χ3n) is 3.12. The Morgan fingerprint density at radius 2 is 1.70 bits per heavy atom. The van der Waals surface area contributed by atoms with E-state index in [0.717, 1.165) is 10.1 Å². The van der Waals surface area contributed by atoms with Gasteiger partial charge in [-0.05, 0) is 6.07 Å². The molecule has 2 heterocycles. The second-order valence-electron chi connectivity index (χ2n) is 4.74. The van der Waals surface area contributed by atoms with Crippen LogP contribution in [0.25, 0.3) is 11.4 Å². The fourth-order valence-electron chi connectivity index (χ4n) is 1.96. The van der Waals surface area contributed by atoms with Crippen LogP contribution < -0.4 is 5.56 Å². The highest BCUT2D eigenvalue weighted by Crippen LogP contribution is 2.13. The minimum Gasteiger partial charge on any atom is -0.444 e. The Hall–Kier alpha value is -3.28. The highest BCUT2D eigenvalue weighted by atomic mass is 16.5. The molecular weight excluding hydrogens is 294 g/mol. The summed E-state index contributed by atoms with van der Waals surface area (Å²) in [4.78, 5) is 31.8. The molecule has 6 nitrogen and oxygen atoms in total. The third-order valence-corrected chi connectivity index (χ3v) is 3.12. The first kappa shape index (κ1) is 14.6. The summed E-state index contributed by atoms with van der Waals surface area (Å²) in [5.74, 6) is 0.597. The Kier molecular flexibility index (Phi) is 4.24. The molecule has 0 aliphatic heterocycles. The van der Waals surface area contributed by atoms with Crippen molar-refractivity contribution in [3.63, 3.8) is 0 Å². The lowest BCUT2D eigenvalue weighted by Gasteiger charge is -2.06. The highest BCUT2D eigenvalue weighted by Gasteiger charge is 2.08. The van der Waals surface area contributed by atoms with E-state index in [9.17, 15) is 9.59 Å². The normalized spacial score (nSPS) is 10.3. The number of pyridine rings is 1. The molecule has 0 fully saturated rings. The Morgan fingerprint density at radius 3 is 2.39 bits per heavy atom. The number of hydrogen-bond acceptors (Lipinski definition) is 5. The average molecular weight is 307 g/mol. The molecule has 3 rings (SSSR count). The van der Waals surface area contributed by atoms with Gasteiger partial charge in [-0.15, -0.1) is 0 Å². The van der Waals surface area contributed by atoms with Gasteiger partial charge in [0.1, 0.15) is 6.61 Å². The van der Waals surface area contributed by atoms with Crippen LogP contribution in [0.2, 0.25) is 0 Å². The molecule has 0 N–H and O–H groups in total. The number of aromatic nitrogens is 3. The highest BCUT2D eigenvalue weighted by molar-refractivity contribution is 5.70. The van der Waals surface area contributed by atoms with Gasteiger partial charge in [0.15, 0.2) is 5.82 Å². The number of benzene rings is 1. The van der Waals surface area contributed by atoms with Crippen molar-refractivity contribution in [1.29, 1.82) is 0 Å². The molecule has 0 unspecified atom stereocenters. The molecule has 23 heavy (non-hydrogen) atoms. The summed E-state index contributed by atoms with van der Waals surface area (Å²) >= 11 is 0. The summed E-state index contributed by atoms with van der Waals surface area (Å²) in [5, 5.41) is 0. The lowest BCUT2D eigenvalue weighted by Crippen LogP contribution is -2.26. The van der Waals surface area contributed by atoms with Crippen LogP contribution in [-0.4, -0.2) is 20.6 Å². The Morgan fingerprint density at radius 1 is 1.00 bits per heavy atom. The van der Waals surface area contributed by atoms with Crippen LogP contribution in [0.4, 0.5) is 4.79 Å². The predicted molar refractivity (Wildman–Crippen MR) is 83.8 cm³/mol. The van der Waals surface area contributed by atoms with Gasteiger partial charge in [0.05, 0.1) is 0 Å². The summed E-state index contributed by atoms with van der Waals surface area (Å²) in [7, 11) is 0. The minimum absolute atomic E-state index is 0.00472. The van der Waals surface area contributed by atoms with Crippen LogP contribution in [-0.2, 0) is 11.3 Å². The van der Waals surface area contributed by atoms with Crippen LogP contribution in [0.15, 0.2) is 71.9 Å². The molecule has 2 aromatic heterocycles. The summed E-state index contributed by atoms with van der Waals surface area (Å²) in [6.07, 6.45) is 3.81. The molecule has 0 spiro atoms. The fourth-order valence-corrected chi connectivity index (χ4v) is 1.96. The van der Waals surface area contributed by atoms with Crippen LogP contribution in [0.1, 0.15) is 5.56 Å². The van der Waals surface area contributed by atoms with Crippen molar-refractivity contribution in [3.05, 3.63) is 83.0 Å². The smallest absolute Gasteiger partial charge is 0.421 e. The van der Waals surface area contributed by atoms with Crippen LogP contribution in [0.5, 0.6) is 0 Å². The number of carbonyl (C=O) groups is 1. The maximum atomic E-state index is 11.8. The van der Waals surface area contributed by atoms with E-state index in [1.54, 1.807) is 24.5 Å². The fraction of sp³-hybridized carbons (Fsp3) is 0.0588. The molecule has 6 heteroatoms. The summed E-state index contributed by atoms with van der Waals surface area (Å²) < 4.78 is 5.99. The van der Waals surface area contributed by atoms with E-state index in [4.69, 9.17) is 4.74 Å². The van der Waals surface area contributed by atoms with Gasteiger partial charge in [-0.3, -0.25) is 4.79 Å². The van der Waals surface area contributed by atoms with Crippen molar-refractivity contribution in [2.75, 3.05) is 0 Å². The Bertz CT molecular complexity index is 858. The third kappa shape index (κ3) is 3.49.